The number of fused-ring (bicyclic) bond motifs is 1. The Labute approximate surface area is 159 Å². The Morgan fingerprint density at radius 1 is 1.33 bits per heavy atom. The molecule has 1 aromatic carbocycles. The smallest absolute Gasteiger partial charge is 0.353 e. The lowest BCUT2D eigenvalue weighted by Gasteiger charge is -2.44. The van der Waals surface area contributed by atoms with Crippen LogP contribution in [0.15, 0.2) is 46.1 Å². The highest BCUT2D eigenvalue weighted by molar-refractivity contribution is 8.03. The fourth-order valence-corrected chi connectivity index (χ4v) is 4.66. The van der Waals surface area contributed by atoms with Crippen LogP contribution in [0.3, 0.4) is 0 Å². The molecule has 2 aliphatic heterocycles. The second kappa shape index (κ2) is 6.50. The molecule has 27 heavy (non-hydrogen) atoms. The number of benzene rings is 1. The Morgan fingerprint density at radius 3 is 2.67 bits per heavy atom. The van der Waals surface area contributed by atoms with Gasteiger partial charge < -0.3 is 15.1 Å². The summed E-state index contributed by atoms with van der Waals surface area (Å²) >= 11 is 1.21. The van der Waals surface area contributed by atoms with Gasteiger partial charge in [0.25, 0.3) is 0 Å². The second-order valence-corrected chi connectivity index (χ2v) is 7.69. The standard InChI is InChI=1S/C18H18N4O4S/c1-9(23)13-11-8-12(14(17(25)26)22(11)16(13)24)27-18-19-15(20-21(18)2)10-6-4-3-5-7-10/h3-7,9,11,13,23H,8H2,1-2H3,(H,25,26)/t9-,11-,13-/m1/s1. The molecule has 0 unspecified atom stereocenters. The first-order valence-corrected chi connectivity index (χ1v) is 9.32. The maximum absolute atomic E-state index is 12.3. The van der Waals surface area contributed by atoms with Crippen molar-refractivity contribution in [1.82, 2.24) is 19.7 Å². The summed E-state index contributed by atoms with van der Waals surface area (Å²) in [6.07, 6.45) is -0.418. The van der Waals surface area contributed by atoms with Gasteiger partial charge in [0.1, 0.15) is 5.70 Å². The van der Waals surface area contributed by atoms with Gasteiger partial charge in [-0.15, -0.1) is 0 Å². The number of β-lactam (4-membered cyclic amide) rings is 1. The number of rotatable bonds is 5. The summed E-state index contributed by atoms with van der Waals surface area (Å²) in [5.74, 6) is -1.50. The SMILES string of the molecule is C[C@@H](O)[C@H]1C(=O)N2C(C(=O)O)=C(Sc3nc(-c4ccccc4)nn3C)C[C@H]12. The molecule has 3 atom stereocenters. The van der Waals surface area contributed by atoms with Crippen molar-refractivity contribution in [1.29, 1.82) is 0 Å². The molecule has 9 heteroatoms. The van der Waals surface area contributed by atoms with Crippen molar-refractivity contribution < 1.29 is 19.8 Å². The third-order valence-corrected chi connectivity index (χ3v) is 6.00. The summed E-state index contributed by atoms with van der Waals surface area (Å²) in [5, 5.41) is 24.4. The molecule has 1 saturated heterocycles. The molecule has 0 radical (unpaired) electrons. The number of carbonyl (C=O) groups is 2. The lowest BCUT2D eigenvalue weighted by molar-refractivity contribution is -0.161. The number of carboxylic acid groups (broad SMARTS) is 1. The van der Waals surface area contributed by atoms with Crippen LogP contribution >= 0.6 is 11.8 Å². The van der Waals surface area contributed by atoms with Gasteiger partial charge in [0.2, 0.25) is 5.91 Å². The van der Waals surface area contributed by atoms with E-state index in [2.05, 4.69) is 10.1 Å². The van der Waals surface area contributed by atoms with E-state index in [1.54, 1.807) is 18.7 Å². The van der Waals surface area contributed by atoms with E-state index in [1.807, 2.05) is 30.3 Å². The van der Waals surface area contributed by atoms with Crippen LogP contribution in [-0.4, -0.2) is 53.9 Å². The first-order chi connectivity index (χ1) is 12.9. The van der Waals surface area contributed by atoms with Gasteiger partial charge in [0, 0.05) is 23.9 Å². The van der Waals surface area contributed by atoms with Crippen molar-refractivity contribution in [2.75, 3.05) is 0 Å². The van der Waals surface area contributed by atoms with Crippen molar-refractivity contribution in [3.63, 3.8) is 0 Å². The second-order valence-electron chi connectivity index (χ2n) is 6.63. The quantitative estimate of drug-likeness (QED) is 0.749. The lowest BCUT2D eigenvalue weighted by Crippen LogP contribution is -2.61. The van der Waals surface area contributed by atoms with Crippen molar-refractivity contribution in [3.05, 3.63) is 40.9 Å². The van der Waals surface area contributed by atoms with Gasteiger partial charge in [-0.2, -0.15) is 5.10 Å². The van der Waals surface area contributed by atoms with E-state index in [1.165, 1.54) is 16.7 Å². The summed E-state index contributed by atoms with van der Waals surface area (Å²) in [5.41, 5.74) is 0.850. The minimum absolute atomic E-state index is 0.0174. The fourth-order valence-electron chi connectivity index (χ4n) is 3.60. The molecule has 3 heterocycles. The Bertz CT molecular complexity index is 954. The van der Waals surface area contributed by atoms with Crippen LogP contribution in [0.2, 0.25) is 0 Å². The van der Waals surface area contributed by atoms with Gasteiger partial charge in [-0.1, -0.05) is 42.1 Å². The molecule has 4 rings (SSSR count). The zero-order valence-corrected chi connectivity index (χ0v) is 15.6. The molecule has 1 aromatic heterocycles. The first kappa shape index (κ1) is 17.7. The van der Waals surface area contributed by atoms with Gasteiger partial charge in [0.05, 0.1) is 18.1 Å². The van der Waals surface area contributed by atoms with Crippen molar-refractivity contribution >= 4 is 23.6 Å². The van der Waals surface area contributed by atoms with E-state index in [9.17, 15) is 19.8 Å². The Morgan fingerprint density at radius 2 is 2.04 bits per heavy atom. The Kier molecular flexibility index (Phi) is 4.27. The van der Waals surface area contributed by atoms with Gasteiger partial charge in [0.15, 0.2) is 11.0 Å². The van der Waals surface area contributed by atoms with E-state index in [-0.39, 0.29) is 17.6 Å². The molecule has 0 bridgehead atoms. The van der Waals surface area contributed by atoms with E-state index < -0.39 is 18.0 Å². The highest BCUT2D eigenvalue weighted by Crippen LogP contribution is 2.48. The van der Waals surface area contributed by atoms with E-state index in [0.717, 1.165) is 5.56 Å². The Hall–Kier alpha value is -2.65. The summed E-state index contributed by atoms with van der Waals surface area (Å²) < 4.78 is 1.60. The van der Waals surface area contributed by atoms with Crippen molar-refractivity contribution in [2.45, 2.75) is 30.6 Å². The molecule has 1 fully saturated rings. The van der Waals surface area contributed by atoms with E-state index in [0.29, 0.717) is 22.3 Å². The van der Waals surface area contributed by atoms with E-state index >= 15 is 0 Å². The third-order valence-electron chi connectivity index (χ3n) is 4.86. The average Bonchev–Trinajstić information content (AvgIpc) is 3.14. The zero-order chi connectivity index (χ0) is 19.3. The van der Waals surface area contributed by atoms with Crippen LogP contribution in [0.25, 0.3) is 11.4 Å². The number of carbonyl (C=O) groups excluding carboxylic acids is 1. The molecule has 2 aromatic rings. The molecule has 1 amide bonds. The fraction of sp³-hybridized carbons (Fsp3) is 0.333. The van der Waals surface area contributed by atoms with Crippen LogP contribution in [0, 0.1) is 5.92 Å². The molecule has 140 valence electrons. The number of nitrogens with zero attached hydrogens (tertiary/aromatic N) is 4. The summed E-state index contributed by atoms with van der Waals surface area (Å²) in [4.78, 5) is 30.4. The molecule has 0 spiro atoms. The molecular weight excluding hydrogens is 368 g/mol. The molecular formula is C18H18N4O4S. The number of hydrogen-bond acceptors (Lipinski definition) is 6. The molecule has 8 nitrogen and oxygen atoms in total. The minimum atomic E-state index is -1.15. The number of thioether (sulfide) groups is 1. The molecule has 2 aliphatic rings. The summed E-state index contributed by atoms with van der Waals surface area (Å²) in [7, 11) is 1.75. The Balaban J connectivity index is 1.64. The largest absolute Gasteiger partial charge is 0.477 e. The lowest BCUT2D eigenvalue weighted by atomic mass is 9.83. The van der Waals surface area contributed by atoms with Crippen LogP contribution < -0.4 is 0 Å². The zero-order valence-electron chi connectivity index (χ0n) is 14.7. The van der Waals surface area contributed by atoms with Gasteiger partial charge in [-0.05, 0) is 6.92 Å². The number of aliphatic carboxylic acids is 1. The maximum Gasteiger partial charge on any atom is 0.353 e. The normalized spacial score (nSPS) is 22.6. The van der Waals surface area contributed by atoms with Gasteiger partial charge in [-0.25, -0.2) is 14.5 Å². The van der Waals surface area contributed by atoms with E-state index in [4.69, 9.17) is 0 Å². The monoisotopic (exact) mass is 386 g/mol. The van der Waals surface area contributed by atoms with Gasteiger partial charge >= 0.3 is 5.97 Å². The summed E-state index contributed by atoms with van der Waals surface area (Å²) in [6.45, 7) is 1.56. The van der Waals surface area contributed by atoms with Crippen molar-refractivity contribution in [2.24, 2.45) is 13.0 Å². The van der Waals surface area contributed by atoms with Crippen LogP contribution in [-0.2, 0) is 16.6 Å². The topological polar surface area (TPSA) is 109 Å². The van der Waals surface area contributed by atoms with Crippen LogP contribution in [0.5, 0.6) is 0 Å². The molecule has 2 N–H and O–H groups in total. The first-order valence-electron chi connectivity index (χ1n) is 8.50. The minimum Gasteiger partial charge on any atom is -0.477 e. The predicted octanol–water partition coefficient (Wildman–Crippen LogP) is 1.48. The average molecular weight is 386 g/mol. The van der Waals surface area contributed by atoms with Crippen LogP contribution in [0.4, 0.5) is 0 Å². The number of amides is 1. The summed E-state index contributed by atoms with van der Waals surface area (Å²) in [6, 6.07) is 9.19. The van der Waals surface area contributed by atoms with Crippen molar-refractivity contribution in [3.8, 4) is 11.4 Å². The molecule has 0 saturated carbocycles. The molecule has 0 aliphatic carbocycles. The number of carboxylic acids is 1. The highest BCUT2D eigenvalue weighted by Gasteiger charge is 2.56. The highest BCUT2D eigenvalue weighted by atomic mass is 32.2. The number of aliphatic hydroxyl groups excluding tert-OH is 1. The maximum atomic E-state index is 12.3. The number of hydrogen-bond donors (Lipinski definition) is 2. The number of aryl methyl sites for hydroxylation is 1. The number of aliphatic hydroxyl groups is 1. The number of aromatic nitrogens is 3. The van der Waals surface area contributed by atoms with Crippen LogP contribution in [0.1, 0.15) is 13.3 Å². The van der Waals surface area contributed by atoms with Gasteiger partial charge in [-0.3, -0.25) is 4.79 Å². The third kappa shape index (κ3) is 2.83. The predicted molar refractivity (Wildman–Crippen MR) is 97.4 cm³/mol.